The molecular formula is C21H40N4O3S. The van der Waals surface area contributed by atoms with Crippen LogP contribution in [0.4, 0.5) is 0 Å². The molecule has 0 atom stereocenters. The molecule has 7 nitrogen and oxygen atoms in total. The van der Waals surface area contributed by atoms with Gasteiger partial charge in [0.15, 0.2) is 0 Å². The molecule has 2 saturated carbocycles. The van der Waals surface area contributed by atoms with Crippen LogP contribution >= 0.6 is 0 Å². The molecule has 2 aliphatic carbocycles. The summed E-state index contributed by atoms with van der Waals surface area (Å²) in [6, 6.07) is 0.536. The third-order valence-corrected chi connectivity index (χ3v) is 9.19. The van der Waals surface area contributed by atoms with Gasteiger partial charge in [-0.25, -0.2) is 0 Å². The zero-order valence-electron chi connectivity index (χ0n) is 18.4. The predicted octanol–water partition coefficient (Wildman–Crippen LogP) is 2.29. The van der Waals surface area contributed by atoms with Gasteiger partial charge in [-0.3, -0.25) is 9.69 Å². The lowest BCUT2D eigenvalue weighted by Gasteiger charge is -2.39. The first kappa shape index (κ1) is 23.0. The van der Waals surface area contributed by atoms with Gasteiger partial charge in [-0.15, -0.1) is 0 Å². The van der Waals surface area contributed by atoms with Gasteiger partial charge in [0.25, 0.3) is 10.2 Å². The van der Waals surface area contributed by atoms with Crippen molar-refractivity contribution in [2.24, 2.45) is 0 Å². The maximum absolute atomic E-state index is 13.0. The molecule has 0 unspecified atom stereocenters. The lowest BCUT2D eigenvalue weighted by Crippen LogP contribution is -2.56. The van der Waals surface area contributed by atoms with E-state index in [1.54, 1.807) is 15.7 Å². The zero-order chi connectivity index (χ0) is 20.9. The van der Waals surface area contributed by atoms with Crippen molar-refractivity contribution in [1.82, 2.24) is 18.4 Å². The Kier molecular flexibility index (Phi) is 8.36. The van der Waals surface area contributed by atoms with Crippen molar-refractivity contribution in [3.63, 3.8) is 0 Å². The maximum atomic E-state index is 13.0. The lowest BCUT2D eigenvalue weighted by molar-refractivity contribution is -0.135. The molecule has 1 amide bonds. The molecule has 0 bridgehead atoms. The SMILES string of the molecule is CCN(C(=O)CN1CCN(S(=O)(=O)N(C)C2CCCCC2)CC1)C1CCCCC1. The summed E-state index contributed by atoms with van der Waals surface area (Å²) < 4.78 is 29.3. The number of rotatable bonds is 7. The van der Waals surface area contributed by atoms with E-state index in [1.165, 1.54) is 25.7 Å². The highest BCUT2D eigenvalue weighted by atomic mass is 32.2. The highest BCUT2D eigenvalue weighted by Crippen LogP contribution is 2.25. The van der Waals surface area contributed by atoms with Gasteiger partial charge >= 0.3 is 0 Å². The fourth-order valence-electron chi connectivity index (χ4n) is 5.25. The minimum atomic E-state index is -3.41. The van der Waals surface area contributed by atoms with Gasteiger partial charge in [0, 0.05) is 51.9 Å². The average Bonchev–Trinajstić information content (AvgIpc) is 2.75. The molecule has 0 radical (unpaired) electrons. The number of hydrogen-bond donors (Lipinski definition) is 0. The van der Waals surface area contributed by atoms with Crippen molar-refractivity contribution in [3.8, 4) is 0 Å². The highest BCUT2D eigenvalue weighted by Gasteiger charge is 2.35. The summed E-state index contributed by atoms with van der Waals surface area (Å²) in [5.41, 5.74) is 0. The molecule has 1 saturated heterocycles. The topological polar surface area (TPSA) is 64.2 Å². The monoisotopic (exact) mass is 428 g/mol. The average molecular weight is 429 g/mol. The molecule has 1 heterocycles. The minimum Gasteiger partial charge on any atom is -0.339 e. The summed E-state index contributed by atoms with van der Waals surface area (Å²) in [5.74, 6) is 0.204. The molecule has 0 aromatic carbocycles. The Hall–Kier alpha value is -0.700. The number of nitrogens with zero attached hydrogens (tertiary/aromatic N) is 4. The van der Waals surface area contributed by atoms with Gasteiger partial charge in [0.2, 0.25) is 5.91 Å². The van der Waals surface area contributed by atoms with E-state index < -0.39 is 10.2 Å². The van der Waals surface area contributed by atoms with E-state index in [4.69, 9.17) is 0 Å². The summed E-state index contributed by atoms with van der Waals surface area (Å²) in [6.45, 7) is 5.46. The number of hydrogen-bond acceptors (Lipinski definition) is 4. The molecule has 0 aromatic heterocycles. The first-order valence-corrected chi connectivity index (χ1v) is 13.1. The number of amides is 1. The van der Waals surface area contributed by atoms with E-state index in [9.17, 15) is 13.2 Å². The minimum absolute atomic E-state index is 0.141. The van der Waals surface area contributed by atoms with E-state index in [0.29, 0.717) is 38.8 Å². The smallest absolute Gasteiger partial charge is 0.282 e. The number of carbonyl (C=O) groups is 1. The number of piperazine rings is 1. The summed E-state index contributed by atoms with van der Waals surface area (Å²) in [7, 11) is -1.67. The summed E-state index contributed by atoms with van der Waals surface area (Å²) in [5, 5.41) is 0. The van der Waals surface area contributed by atoms with Crippen molar-refractivity contribution in [1.29, 1.82) is 0 Å². The fraction of sp³-hybridized carbons (Fsp3) is 0.952. The molecule has 1 aliphatic heterocycles. The van der Waals surface area contributed by atoms with Gasteiger partial charge in [0.05, 0.1) is 6.54 Å². The Bertz CT molecular complexity index is 622. The highest BCUT2D eigenvalue weighted by molar-refractivity contribution is 7.86. The van der Waals surface area contributed by atoms with Gasteiger partial charge in [-0.1, -0.05) is 38.5 Å². The Labute approximate surface area is 177 Å². The number of likely N-dealkylation sites (N-methyl/N-ethyl adjacent to an activating group) is 1. The van der Waals surface area contributed by atoms with Crippen LogP contribution in [0.15, 0.2) is 0 Å². The van der Waals surface area contributed by atoms with Crippen LogP contribution in [-0.4, -0.2) is 91.1 Å². The quantitative estimate of drug-likeness (QED) is 0.624. The van der Waals surface area contributed by atoms with Crippen molar-refractivity contribution < 1.29 is 13.2 Å². The van der Waals surface area contributed by atoms with Crippen LogP contribution in [0.1, 0.15) is 71.1 Å². The van der Waals surface area contributed by atoms with E-state index in [1.807, 2.05) is 0 Å². The second-order valence-electron chi connectivity index (χ2n) is 8.96. The molecule has 0 spiro atoms. The van der Waals surface area contributed by atoms with Gasteiger partial charge < -0.3 is 4.90 Å². The van der Waals surface area contributed by atoms with Crippen molar-refractivity contribution in [3.05, 3.63) is 0 Å². The van der Waals surface area contributed by atoms with Crippen LogP contribution in [0.3, 0.4) is 0 Å². The molecule has 0 aromatic rings. The van der Waals surface area contributed by atoms with E-state index in [-0.39, 0.29) is 11.9 Å². The van der Waals surface area contributed by atoms with Gasteiger partial charge in [0.1, 0.15) is 0 Å². The molecule has 8 heteroatoms. The molecule has 3 fully saturated rings. The summed E-state index contributed by atoms with van der Waals surface area (Å²) in [6.07, 6.45) is 11.4. The van der Waals surface area contributed by atoms with Crippen molar-refractivity contribution >= 4 is 16.1 Å². The summed E-state index contributed by atoms with van der Waals surface area (Å²) in [4.78, 5) is 17.1. The van der Waals surface area contributed by atoms with Crippen LogP contribution in [0.5, 0.6) is 0 Å². The molecule has 3 aliphatic rings. The van der Waals surface area contributed by atoms with Crippen LogP contribution in [-0.2, 0) is 15.0 Å². The van der Waals surface area contributed by atoms with E-state index in [0.717, 1.165) is 45.1 Å². The van der Waals surface area contributed by atoms with E-state index >= 15 is 0 Å². The first-order chi connectivity index (χ1) is 13.9. The number of carbonyl (C=O) groups excluding carboxylic acids is 1. The zero-order valence-corrected chi connectivity index (χ0v) is 19.2. The third-order valence-electron chi connectivity index (χ3n) is 7.15. The fourth-order valence-corrected chi connectivity index (χ4v) is 6.82. The summed E-state index contributed by atoms with van der Waals surface area (Å²) >= 11 is 0. The molecule has 29 heavy (non-hydrogen) atoms. The van der Waals surface area contributed by atoms with Crippen molar-refractivity contribution in [2.45, 2.75) is 83.2 Å². The Morgan fingerprint density at radius 2 is 1.38 bits per heavy atom. The Balaban J connectivity index is 1.49. The van der Waals surface area contributed by atoms with Gasteiger partial charge in [-0.2, -0.15) is 17.0 Å². The molecule has 168 valence electrons. The lowest BCUT2D eigenvalue weighted by atomic mass is 9.94. The molecule has 0 N–H and O–H groups in total. The predicted molar refractivity (Wildman–Crippen MR) is 116 cm³/mol. The third kappa shape index (κ3) is 5.71. The van der Waals surface area contributed by atoms with Gasteiger partial charge in [-0.05, 0) is 32.6 Å². The largest absolute Gasteiger partial charge is 0.339 e. The normalized spacial score (nSPS) is 24.1. The van der Waals surface area contributed by atoms with Crippen LogP contribution in [0.2, 0.25) is 0 Å². The second-order valence-corrected chi connectivity index (χ2v) is 11.0. The van der Waals surface area contributed by atoms with Crippen LogP contribution in [0, 0.1) is 0 Å². The van der Waals surface area contributed by atoms with Crippen LogP contribution < -0.4 is 0 Å². The Morgan fingerprint density at radius 3 is 1.90 bits per heavy atom. The Morgan fingerprint density at radius 1 is 0.862 bits per heavy atom. The second kappa shape index (κ2) is 10.6. The first-order valence-electron chi connectivity index (χ1n) is 11.7. The molecular weight excluding hydrogens is 388 g/mol. The maximum Gasteiger partial charge on any atom is 0.282 e. The van der Waals surface area contributed by atoms with Crippen LogP contribution in [0.25, 0.3) is 0 Å². The van der Waals surface area contributed by atoms with Crippen molar-refractivity contribution in [2.75, 3.05) is 46.3 Å². The van der Waals surface area contributed by atoms with E-state index in [2.05, 4.69) is 16.7 Å². The molecule has 3 rings (SSSR count). The standard InChI is InChI=1S/C21H40N4O3S/c1-3-25(20-12-8-5-9-13-20)21(26)18-23-14-16-24(17-15-23)29(27,28)22(2)19-10-6-4-7-11-19/h19-20H,3-18H2,1-2H3.